The Morgan fingerprint density at radius 1 is 0.791 bits per heavy atom. The number of hydrogen-bond acceptors (Lipinski definition) is 4. The molecule has 7 rings (SSSR count). The minimum absolute atomic E-state index is 0.223. The maximum absolute atomic E-state index is 10.2. The monoisotopic (exact) mass is 568 g/mol. The number of phenolic OH excluding ortho intramolecular Hbond substituents is 1. The van der Waals surface area contributed by atoms with Gasteiger partial charge in [-0.25, -0.2) is 0 Å². The van der Waals surface area contributed by atoms with E-state index < -0.39 is 5.60 Å². The van der Waals surface area contributed by atoms with Crippen LogP contribution in [0.4, 0.5) is 0 Å². The van der Waals surface area contributed by atoms with E-state index in [1.165, 1.54) is 38.8 Å². The van der Waals surface area contributed by atoms with E-state index in [1.807, 2.05) is 30.3 Å². The van der Waals surface area contributed by atoms with Crippen molar-refractivity contribution in [2.45, 2.75) is 45.1 Å². The van der Waals surface area contributed by atoms with Crippen LogP contribution < -0.4 is 14.2 Å². The fraction of sp³-hybridized carbons (Fsp3) is 0.231. The van der Waals surface area contributed by atoms with Crippen molar-refractivity contribution in [3.05, 3.63) is 125 Å². The summed E-state index contributed by atoms with van der Waals surface area (Å²) in [4.78, 5) is 0. The first-order valence-corrected chi connectivity index (χ1v) is 15.2. The zero-order chi connectivity index (χ0) is 29.6. The number of phenols is 1. The Labute approximate surface area is 253 Å². The Morgan fingerprint density at radius 2 is 1.51 bits per heavy atom. The van der Waals surface area contributed by atoms with Crippen LogP contribution in [0, 0.1) is 0 Å². The van der Waals surface area contributed by atoms with Crippen LogP contribution in [0.15, 0.2) is 97.1 Å². The third-order valence-electron chi connectivity index (χ3n) is 8.90. The van der Waals surface area contributed by atoms with Gasteiger partial charge in [0.25, 0.3) is 0 Å². The molecule has 0 spiro atoms. The SMILES string of the molecule is CCCOc1ccc(C2(c3ccc(O)cc3)C=C(CC)c3c4c(c5ccc(OC)cc5c3O2)-c2ccccc2CC4)cc1. The summed E-state index contributed by atoms with van der Waals surface area (Å²) >= 11 is 0. The van der Waals surface area contributed by atoms with Crippen molar-refractivity contribution in [3.63, 3.8) is 0 Å². The van der Waals surface area contributed by atoms with E-state index in [0.29, 0.717) is 6.61 Å². The molecule has 1 N–H and O–H groups in total. The van der Waals surface area contributed by atoms with Gasteiger partial charge in [0.15, 0.2) is 5.60 Å². The second kappa shape index (κ2) is 10.9. The van der Waals surface area contributed by atoms with Crippen LogP contribution >= 0.6 is 0 Å². The van der Waals surface area contributed by atoms with Gasteiger partial charge in [0.1, 0.15) is 23.0 Å². The number of aromatic hydroxyl groups is 1. The predicted molar refractivity (Wildman–Crippen MR) is 173 cm³/mol. The zero-order valence-electron chi connectivity index (χ0n) is 24.9. The Kier molecular flexibility index (Phi) is 6.85. The first-order valence-electron chi connectivity index (χ1n) is 15.2. The molecule has 0 saturated carbocycles. The lowest BCUT2D eigenvalue weighted by Crippen LogP contribution is -2.35. The van der Waals surface area contributed by atoms with Gasteiger partial charge in [-0.2, -0.15) is 0 Å². The summed E-state index contributed by atoms with van der Waals surface area (Å²) in [5, 5.41) is 12.4. The van der Waals surface area contributed by atoms with Gasteiger partial charge in [-0.15, -0.1) is 0 Å². The number of aryl methyl sites for hydroxylation is 1. The fourth-order valence-electron chi connectivity index (χ4n) is 6.83. The third-order valence-corrected chi connectivity index (χ3v) is 8.90. The molecule has 4 nitrogen and oxygen atoms in total. The molecule has 5 aromatic carbocycles. The van der Waals surface area contributed by atoms with E-state index in [0.717, 1.165) is 59.4 Å². The molecule has 1 heterocycles. The number of hydrogen-bond donors (Lipinski definition) is 1. The van der Waals surface area contributed by atoms with Crippen LogP contribution in [0.5, 0.6) is 23.0 Å². The van der Waals surface area contributed by atoms with E-state index in [4.69, 9.17) is 14.2 Å². The van der Waals surface area contributed by atoms with E-state index in [1.54, 1.807) is 19.2 Å². The molecule has 2 aliphatic rings. The van der Waals surface area contributed by atoms with Gasteiger partial charge in [-0.1, -0.05) is 62.4 Å². The molecule has 1 aliphatic carbocycles. The molecule has 0 radical (unpaired) electrons. The van der Waals surface area contributed by atoms with Gasteiger partial charge >= 0.3 is 0 Å². The lowest BCUT2D eigenvalue weighted by Gasteiger charge is -2.40. The molecule has 1 unspecified atom stereocenters. The fourth-order valence-corrected chi connectivity index (χ4v) is 6.83. The molecule has 1 aliphatic heterocycles. The minimum atomic E-state index is -0.911. The molecule has 0 saturated heterocycles. The van der Waals surface area contributed by atoms with Gasteiger partial charge in [0, 0.05) is 22.1 Å². The standard InChI is InChI=1S/C39H36O4/c1-4-22-42-30-17-13-28(14-18-30)39(27-11-15-29(40)16-12-27)24-25(5-2)36-34-20-10-26-8-6-7-9-32(26)37(34)33-21-19-31(41-3)23-35(33)38(36)43-39/h6-9,11-19,21,23-24,40H,4-5,10,20,22H2,1-3H3. The smallest absolute Gasteiger partial charge is 0.178 e. The number of benzene rings is 5. The first kappa shape index (κ1) is 27.2. The van der Waals surface area contributed by atoms with Gasteiger partial charge in [0.05, 0.1) is 13.7 Å². The van der Waals surface area contributed by atoms with Crippen molar-refractivity contribution in [3.8, 4) is 34.1 Å². The summed E-state index contributed by atoms with van der Waals surface area (Å²) in [6, 6.07) is 30.8. The molecule has 4 heteroatoms. The van der Waals surface area contributed by atoms with Crippen LogP contribution in [0.25, 0.3) is 27.5 Å². The normalized spacial score (nSPS) is 16.9. The van der Waals surface area contributed by atoms with Crippen molar-refractivity contribution in [2.75, 3.05) is 13.7 Å². The molecular formula is C39H36O4. The molecule has 5 aromatic rings. The highest BCUT2D eigenvalue weighted by molar-refractivity contribution is 6.07. The summed E-state index contributed by atoms with van der Waals surface area (Å²) in [7, 11) is 1.71. The Morgan fingerprint density at radius 3 is 2.23 bits per heavy atom. The van der Waals surface area contributed by atoms with Crippen LogP contribution in [-0.4, -0.2) is 18.8 Å². The first-order chi connectivity index (χ1) is 21.1. The summed E-state index contributed by atoms with van der Waals surface area (Å²) in [6.45, 7) is 5.01. The molecule has 0 amide bonds. The highest BCUT2D eigenvalue weighted by Crippen LogP contribution is 2.54. The van der Waals surface area contributed by atoms with Gasteiger partial charge < -0.3 is 19.3 Å². The Hall–Kier alpha value is -4.70. The quantitative estimate of drug-likeness (QED) is 0.213. The topological polar surface area (TPSA) is 47.9 Å². The maximum atomic E-state index is 10.2. The molecule has 43 heavy (non-hydrogen) atoms. The molecule has 1 atom stereocenters. The van der Waals surface area contributed by atoms with E-state index >= 15 is 0 Å². The lowest BCUT2D eigenvalue weighted by molar-refractivity contribution is 0.162. The number of rotatable bonds is 7. The molecule has 0 bridgehead atoms. The largest absolute Gasteiger partial charge is 0.508 e. The summed E-state index contributed by atoms with van der Waals surface area (Å²) in [5.74, 6) is 2.74. The second-order valence-corrected chi connectivity index (χ2v) is 11.4. The average molecular weight is 569 g/mol. The predicted octanol–water partition coefficient (Wildman–Crippen LogP) is 9.24. The zero-order valence-corrected chi connectivity index (χ0v) is 24.9. The molecule has 0 fully saturated rings. The van der Waals surface area contributed by atoms with Gasteiger partial charge in [-0.05, 0) is 107 Å². The Bertz CT molecular complexity index is 1850. The van der Waals surface area contributed by atoms with Crippen molar-refractivity contribution < 1.29 is 19.3 Å². The van der Waals surface area contributed by atoms with Crippen LogP contribution in [0.3, 0.4) is 0 Å². The van der Waals surface area contributed by atoms with E-state index in [-0.39, 0.29) is 5.75 Å². The summed E-state index contributed by atoms with van der Waals surface area (Å²) in [5.41, 5.74) is 8.82. The van der Waals surface area contributed by atoms with E-state index in [2.05, 4.69) is 68.5 Å². The summed E-state index contributed by atoms with van der Waals surface area (Å²) in [6.07, 6.45) is 6.05. The number of methoxy groups -OCH3 is 1. The Balaban J connectivity index is 1.53. The van der Waals surface area contributed by atoms with Crippen molar-refractivity contribution in [1.29, 1.82) is 0 Å². The molecule has 0 aromatic heterocycles. The minimum Gasteiger partial charge on any atom is -0.508 e. The molecular weight excluding hydrogens is 532 g/mol. The van der Waals surface area contributed by atoms with Crippen molar-refractivity contribution in [1.82, 2.24) is 0 Å². The number of ether oxygens (including phenoxy) is 3. The number of allylic oxidation sites excluding steroid dienone is 1. The average Bonchev–Trinajstić information content (AvgIpc) is 3.06. The lowest BCUT2D eigenvalue weighted by atomic mass is 9.74. The second-order valence-electron chi connectivity index (χ2n) is 11.4. The van der Waals surface area contributed by atoms with E-state index in [9.17, 15) is 5.11 Å². The molecule has 216 valence electrons. The highest BCUT2D eigenvalue weighted by Gasteiger charge is 2.41. The summed E-state index contributed by atoms with van der Waals surface area (Å²) < 4.78 is 19.1. The van der Waals surface area contributed by atoms with Gasteiger partial charge in [0.2, 0.25) is 0 Å². The third kappa shape index (κ3) is 4.44. The van der Waals surface area contributed by atoms with Crippen molar-refractivity contribution in [2.24, 2.45) is 0 Å². The highest BCUT2D eigenvalue weighted by atomic mass is 16.5. The van der Waals surface area contributed by atoms with Crippen LogP contribution in [0.1, 0.15) is 54.5 Å². The maximum Gasteiger partial charge on any atom is 0.178 e. The van der Waals surface area contributed by atoms with Crippen LogP contribution in [0.2, 0.25) is 0 Å². The number of fused-ring (bicyclic) bond motifs is 8. The van der Waals surface area contributed by atoms with Gasteiger partial charge in [-0.3, -0.25) is 0 Å². The van der Waals surface area contributed by atoms with Crippen molar-refractivity contribution >= 4 is 16.3 Å². The van der Waals surface area contributed by atoms with Crippen LogP contribution in [-0.2, 0) is 18.4 Å².